The van der Waals surface area contributed by atoms with Gasteiger partial charge in [0.1, 0.15) is 0 Å². The van der Waals surface area contributed by atoms with Crippen molar-refractivity contribution in [3.63, 3.8) is 0 Å². The first-order valence-corrected chi connectivity index (χ1v) is 8.86. The van der Waals surface area contributed by atoms with Crippen LogP contribution in [-0.4, -0.2) is 15.9 Å². The Morgan fingerprint density at radius 2 is 0.967 bits per heavy atom. The Balaban J connectivity index is 1.67. The fraction of sp³-hybridized carbons (Fsp3) is 0. The van der Waals surface area contributed by atoms with Crippen molar-refractivity contribution < 1.29 is 14.6 Å². The highest BCUT2D eigenvalue weighted by Gasteiger charge is 2.17. The van der Waals surface area contributed by atoms with Crippen LogP contribution in [0, 0.1) is 20.2 Å². The van der Waals surface area contributed by atoms with E-state index >= 15 is 0 Å². The summed E-state index contributed by atoms with van der Waals surface area (Å²) in [6.07, 6.45) is 0. The molecule has 0 unspecified atom stereocenters. The van der Waals surface area contributed by atoms with E-state index in [1.807, 2.05) is 0 Å². The molecule has 0 aliphatic heterocycles. The molecule has 0 saturated heterocycles. The number of carbonyl (C=O) groups excluding carboxylic acids is 1. The van der Waals surface area contributed by atoms with E-state index in [0.29, 0.717) is 32.9 Å². The van der Waals surface area contributed by atoms with Crippen molar-refractivity contribution in [3.05, 3.63) is 93.0 Å². The number of benzene rings is 4. The van der Waals surface area contributed by atoms with E-state index in [-0.39, 0.29) is 11.4 Å². The van der Waals surface area contributed by atoms with Crippen LogP contribution < -0.4 is 10.6 Å². The molecule has 148 valence electrons. The van der Waals surface area contributed by atoms with E-state index in [0.717, 1.165) is 0 Å². The van der Waals surface area contributed by atoms with Gasteiger partial charge in [0.05, 0.1) is 32.0 Å². The van der Waals surface area contributed by atoms with Gasteiger partial charge in [0.25, 0.3) is 11.4 Å². The first-order chi connectivity index (χ1) is 14.5. The summed E-state index contributed by atoms with van der Waals surface area (Å²) in [6.45, 7) is 0. The summed E-state index contributed by atoms with van der Waals surface area (Å²) in [5.74, 6) is 0. The zero-order valence-corrected chi connectivity index (χ0v) is 15.4. The lowest BCUT2D eigenvalue weighted by molar-refractivity contribution is -0.383. The molecule has 0 radical (unpaired) electrons. The molecule has 0 aliphatic rings. The Bertz CT molecular complexity index is 1230. The molecular weight excluding hydrogens is 388 g/mol. The van der Waals surface area contributed by atoms with Crippen LogP contribution in [0.1, 0.15) is 0 Å². The minimum absolute atomic E-state index is 0.0575. The van der Waals surface area contributed by atoms with Crippen LogP contribution in [0.25, 0.3) is 21.5 Å². The van der Waals surface area contributed by atoms with E-state index in [4.69, 9.17) is 0 Å². The Morgan fingerprint density at radius 3 is 1.33 bits per heavy atom. The van der Waals surface area contributed by atoms with Crippen LogP contribution in [0.15, 0.2) is 72.8 Å². The number of nitrogens with one attached hydrogen (secondary N) is 2. The third-order valence-electron chi connectivity index (χ3n) is 4.69. The SMILES string of the molecule is O=C(Nc1ccc([N+](=O)[O-])c2ccccc12)Nc1ccc([N+](=O)[O-])c2ccccc12. The maximum absolute atomic E-state index is 12.6. The Morgan fingerprint density at radius 1 is 0.600 bits per heavy atom. The van der Waals surface area contributed by atoms with Gasteiger partial charge in [-0.25, -0.2) is 4.79 Å². The summed E-state index contributed by atoms with van der Waals surface area (Å²) in [7, 11) is 0. The molecule has 9 heteroatoms. The van der Waals surface area contributed by atoms with E-state index in [2.05, 4.69) is 10.6 Å². The average Bonchev–Trinajstić information content (AvgIpc) is 2.73. The molecule has 0 spiro atoms. The van der Waals surface area contributed by atoms with Gasteiger partial charge in [-0.15, -0.1) is 0 Å². The van der Waals surface area contributed by atoms with Gasteiger partial charge in [-0.3, -0.25) is 20.2 Å². The van der Waals surface area contributed by atoms with Crippen molar-refractivity contribution in [3.8, 4) is 0 Å². The lowest BCUT2D eigenvalue weighted by atomic mass is 10.1. The first-order valence-electron chi connectivity index (χ1n) is 8.86. The highest BCUT2D eigenvalue weighted by atomic mass is 16.6. The van der Waals surface area contributed by atoms with Crippen molar-refractivity contribution in [1.29, 1.82) is 0 Å². The summed E-state index contributed by atoms with van der Waals surface area (Å²) < 4.78 is 0. The number of nitro benzene ring substituents is 2. The molecule has 9 nitrogen and oxygen atoms in total. The van der Waals surface area contributed by atoms with Gasteiger partial charge < -0.3 is 10.6 Å². The van der Waals surface area contributed by atoms with Crippen LogP contribution in [0.2, 0.25) is 0 Å². The molecule has 30 heavy (non-hydrogen) atoms. The highest BCUT2D eigenvalue weighted by molar-refractivity contribution is 6.11. The molecule has 0 atom stereocenters. The fourth-order valence-corrected chi connectivity index (χ4v) is 3.38. The quantitative estimate of drug-likeness (QED) is 0.346. The van der Waals surface area contributed by atoms with E-state index in [1.54, 1.807) is 48.5 Å². The van der Waals surface area contributed by atoms with Crippen LogP contribution in [0.5, 0.6) is 0 Å². The number of amides is 2. The van der Waals surface area contributed by atoms with Crippen LogP contribution in [0.3, 0.4) is 0 Å². The number of fused-ring (bicyclic) bond motifs is 2. The molecule has 0 saturated carbocycles. The molecule has 4 aromatic rings. The summed E-state index contributed by atoms with van der Waals surface area (Å²) in [4.78, 5) is 34.2. The van der Waals surface area contributed by atoms with Crippen molar-refractivity contribution >= 4 is 50.3 Å². The monoisotopic (exact) mass is 402 g/mol. The second kappa shape index (κ2) is 7.47. The van der Waals surface area contributed by atoms with Gasteiger partial charge in [0, 0.05) is 22.9 Å². The Hall–Kier alpha value is -4.53. The molecule has 0 fully saturated rings. The number of urea groups is 1. The van der Waals surface area contributed by atoms with Crippen molar-refractivity contribution in [2.24, 2.45) is 0 Å². The predicted molar refractivity (Wildman–Crippen MR) is 114 cm³/mol. The van der Waals surface area contributed by atoms with Crippen LogP contribution >= 0.6 is 0 Å². The van der Waals surface area contributed by atoms with Crippen LogP contribution in [-0.2, 0) is 0 Å². The molecular formula is C21H14N4O5. The summed E-state index contributed by atoms with van der Waals surface area (Å²) in [6, 6.07) is 18.4. The third kappa shape index (κ3) is 3.35. The minimum Gasteiger partial charge on any atom is -0.307 e. The van der Waals surface area contributed by atoms with E-state index in [1.165, 1.54) is 24.3 Å². The second-order valence-electron chi connectivity index (χ2n) is 6.45. The number of hydrogen-bond acceptors (Lipinski definition) is 5. The maximum atomic E-state index is 12.6. The molecule has 0 aromatic heterocycles. The van der Waals surface area contributed by atoms with Gasteiger partial charge in [0.15, 0.2) is 0 Å². The molecule has 2 amide bonds. The van der Waals surface area contributed by atoms with Gasteiger partial charge in [-0.1, -0.05) is 36.4 Å². The van der Waals surface area contributed by atoms with Crippen LogP contribution in [0.4, 0.5) is 27.5 Å². The minimum atomic E-state index is -0.576. The second-order valence-corrected chi connectivity index (χ2v) is 6.45. The normalized spacial score (nSPS) is 10.7. The zero-order valence-electron chi connectivity index (χ0n) is 15.4. The smallest absolute Gasteiger partial charge is 0.307 e. The molecule has 0 aliphatic carbocycles. The molecule has 2 N–H and O–H groups in total. The van der Waals surface area contributed by atoms with Crippen molar-refractivity contribution in [1.82, 2.24) is 0 Å². The van der Waals surface area contributed by atoms with Crippen molar-refractivity contribution in [2.75, 3.05) is 10.6 Å². The topological polar surface area (TPSA) is 127 Å². The van der Waals surface area contributed by atoms with Gasteiger partial charge in [-0.2, -0.15) is 0 Å². The Labute approximate surface area is 169 Å². The third-order valence-corrected chi connectivity index (χ3v) is 4.69. The lowest BCUT2D eigenvalue weighted by Crippen LogP contribution is -2.19. The predicted octanol–water partition coefficient (Wildman–Crippen LogP) is 5.45. The number of carbonyl (C=O) groups is 1. The molecule has 0 heterocycles. The molecule has 4 rings (SSSR count). The standard InChI is InChI=1S/C21H14N4O5/c26-21(22-17-9-11-19(24(27)28)15-7-3-1-5-13(15)17)23-18-10-12-20(25(29)30)16-8-4-2-6-14(16)18/h1-12H,(H2,22,23,26). The first kappa shape index (κ1) is 18.8. The average molecular weight is 402 g/mol. The number of nitro groups is 2. The summed E-state index contributed by atoms with van der Waals surface area (Å²) >= 11 is 0. The zero-order chi connectivity index (χ0) is 21.3. The number of anilines is 2. The highest BCUT2D eigenvalue weighted by Crippen LogP contribution is 2.33. The Kier molecular flexibility index (Phi) is 4.69. The van der Waals surface area contributed by atoms with E-state index < -0.39 is 15.9 Å². The van der Waals surface area contributed by atoms with Gasteiger partial charge in [-0.05, 0) is 24.3 Å². The summed E-state index contributed by atoms with van der Waals surface area (Å²) in [5, 5.41) is 29.7. The number of rotatable bonds is 4. The maximum Gasteiger partial charge on any atom is 0.323 e. The molecule has 4 aromatic carbocycles. The van der Waals surface area contributed by atoms with Crippen molar-refractivity contribution in [2.45, 2.75) is 0 Å². The molecule has 0 bridgehead atoms. The van der Waals surface area contributed by atoms with Gasteiger partial charge >= 0.3 is 6.03 Å². The fourth-order valence-electron chi connectivity index (χ4n) is 3.38. The largest absolute Gasteiger partial charge is 0.323 e. The number of hydrogen-bond donors (Lipinski definition) is 2. The lowest BCUT2D eigenvalue weighted by Gasteiger charge is -2.12. The summed E-state index contributed by atoms with van der Waals surface area (Å²) in [5.41, 5.74) is 0.690. The number of non-ortho nitro benzene ring substituents is 2. The number of nitrogens with zero attached hydrogens (tertiary/aromatic N) is 2. The van der Waals surface area contributed by atoms with E-state index in [9.17, 15) is 25.0 Å². The van der Waals surface area contributed by atoms with Gasteiger partial charge in [0.2, 0.25) is 0 Å².